The first-order valence-electron chi connectivity index (χ1n) is 5.13. The maximum atomic E-state index is 9.18. The third-order valence-corrected chi connectivity index (χ3v) is 3.59. The van der Waals surface area contributed by atoms with Crippen molar-refractivity contribution in [1.29, 1.82) is 0 Å². The molecule has 0 amide bonds. The fourth-order valence-corrected chi connectivity index (χ4v) is 1.47. The molecule has 0 aliphatic carbocycles. The minimum absolute atomic E-state index is 0.0734. The Balaban J connectivity index is 2.43. The minimum atomic E-state index is -0.0734. The monoisotopic (exact) mass is 185 g/mol. The first kappa shape index (κ1) is 11.0. The summed E-state index contributed by atoms with van der Waals surface area (Å²) in [5.74, 6) is 0. The van der Waals surface area contributed by atoms with Crippen LogP contribution in [0.1, 0.15) is 34.6 Å². The second kappa shape index (κ2) is 3.25. The number of aliphatic hydroxyl groups excluding tert-OH is 1. The number of β-amino-alcohol motifs (C(OH)–C–C–N with tert-alkyl or cyclic N) is 1. The molecule has 0 saturated carbocycles. The van der Waals surface area contributed by atoms with Gasteiger partial charge in [0.1, 0.15) is 0 Å². The molecule has 78 valence electrons. The molecule has 1 rings (SSSR count). The molecule has 0 atom stereocenters. The lowest BCUT2D eigenvalue weighted by atomic mass is 9.69. The summed E-state index contributed by atoms with van der Waals surface area (Å²) in [6, 6.07) is 0. The molecule has 0 aromatic carbocycles. The highest BCUT2D eigenvalue weighted by Crippen LogP contribution is 2.39. The number of rotatable bonds is 2. The Bertz CT molecular complexity index is 175. The normalized spacial score (nSPS) is 21.7. The number of likely N-dealkylation sites (tertiary alicyclic amines) is 1. The highest BCUT2D eigenvalue weighted by Gasteiger charge is 2.37. The van der Waals surface area contributed by atoms with E-state index in [1.165, 1.54) is 0 Å². The summed E-state index contributed by atoms with van der Waals surface area (Å²) < 4.78 is 0. The van der Waals surface area contributed by atoms with Gasteiger partial charge in [-0.2, -0.15) is 0 Å². The third-order valence-electron chi connectivity index (χ3n) is 3.59. The number of hydrogen-bond donors (Lipinski definition) is 1. The molecule has 2 nitrogen and oxygen atoms in total. The zero-order valence-electron chi connectivity index (χ0n) is 9.59. The minimum Gasteiger partial charge on any atom is -0.390 e. The van der Waals surface area contributed by atoms with Crippen LogP contribution < -0.4 is 0 Å². The molecule has 1 N–H and O–H groups in total. The third kappa shape index (κ3) is 2.44. The van der Waals surface area contributed by atoms with Gasteiger partial charge in [0.15, 0.2) is 0 Å². The highest BCUT2D eigenvalue weighted by molar-refractivity contribution is 4.89. The van der Waals surface area contributed by atoms with Gasteiger partial charge in [0.05, 0.1) is 6.10 Å². The Morgan fingerprint density at radius 3 is 1.92 bits per heavy atom. The Morgan fingerprint density at radius 1 is 1.15 bits per heavy atom. The van der Waals surface area contributed by atoms with E-state index in [0.29, 0.717) is 10.8 Å². The van der Waals surface area contributed by atoms with Gasteiger partial charge >= 0.3 is 0 Å². The summed E-state index contributed by atoms with van der Waals surface area (Å²) in [5, 5.41) is 9.18. The van der Waals surface area contributed by atoms with E-state index in [2.05, 4.69) is 39.5 Å². The Morgan fingerprint density at radius 2 is 1.62 bits per heavy atom. The van der Waals surface area contributed by atoms with E-state index in [1.54, 1.807) is 0 Å². The smallest absolute Gasteiger partial charge is 0.0793 e. The SMILES string of the molecule is CC(C)(C)C(C)(C)CN1CC(O)C1. The summed E-state index contributed by atoms with van der Waals surface area (Å²) in [7, 11) is 0. The van der Waals surface area contributed by atoms with Crippen molar-refractivity contribution in [1.82, 2.24) is 4.90 Å². The molecule has 0 unspecified atom stereocenters. The first-order chi connectivity index (χ1) is 5.72. The fourth-order valence-electron chi connectivity index (χ4n) is 1.47. The average molecular weight is 185 g/mol. The van der Waals surface area contributed by atoms with E-state index in [0.717, 1.165) is 19.6 Å². The molecule has 0 spiro atoms. The predicted molar refractivity (Wildman–Crippen MR) is 55.7 cm³/mol. The number of hydrogen-bond acceptors (Lipinski definition) is 2. The largest absolute Gasteiger partial charge is 0.390 e. The van der Waals surface area contributed by atoms with Crippen LogP contribution in [0, 0.1) is 10.8 Å². The van der Waals surface area contributed by atoms with E-state index < -0.39 is 0 Å². The summed E-state index contributed by atoms with van der Waals surface area (Å²) in [6.45, 7) is 14.3. The van der Waals surface area contributed by atoms with Gasteiger partial charge in [-0.1, -0.05) is 34.6 Å². The van der Waals surface area contributed by atoms with E-state index in [1.807, 2.05) is 0 Å². The summed E-state index contributed by atoms with van der Waals surface area (Å²) in [4.78, 5) is 2.33. The lowest BCUT2D eigenvalue weighted by Crippen LogP contribution is -2.55. The van der Waals surface area contributed by atoms with Gasteiger partial charge in [-0.05, 0) is 10.8 Å². The maximum Gasteiger partial charge on any atom is 0.0793 e. The summed E-state index contributed by atoms with van der Waals surface area (Å²) in [5.41, 5.74) is 0.640. The van der Waals surface area contributed by atoms with Crippen molar-refractivity contribution in [2.75, 3.05) is 19.6 Å². The van der Waals surface area contributed by atoms with Crippen LogP contribution >= 0.6 is 0 Å². The van der Waals surface area contributed by atoms with Crippen molar-refractivity contribution in [3.63, 3.8) is 0 Å². The molecular weight excluding hydrogens is 162 g/mol. The van der Waals surface area contributed by atoms with Crippen molar-refractivity contribution < 1.29 is 5.11 Å². The zero-order chi connectivity index (χ0) is 10.3. The van der Waals surface area contributed by atoms with Gasteiger partial charge in [0, 0.05) is 19.6 Å². The van der Waals surface area contributed by atoms with Crippen LogP contribution in [0.15, 0.2) is 0 Å². The van der Waals surface area contributed by atoms with Crippen molar-refractivity contribution in [2.24, 2.45) is 10.8 Å². The van der Waals surface area contributed by atoms with Crippen LogP contribution in [0.4, 0.5) is 0 Å². The molecule has 1 saturated heterocycles. The predicted octanol–water partition coefficient (Wildman–Crippen LogP) is 1.74. The van der Waals surface area contributed by atoms with Gasteiger partial charge in [0.2, 0.25) is 0 Å². The molecule has 0 aromatic rings. The van der Waals surface area contributed by atoms with Gasteiger partial charge in [0.25, 0.3) is 0 Å². The molecule has 2 heteroatoms. The lowest BCUT2D eigenvalue weighted by molar-refractivity contribution is -0.0381. The van der Waals surface area contributed by atoms with Crippen LogP contribution in [0.2, 0.25) is 0 Å². The molecule has 1 fully saturated rings. The Kier molecular flexibility index (Phi) is 2.75. The zero-order valence-corrected chi connectivity index (χ0v) is 9.59. The molecular formula is C11H23NO. The molecule has 1 heterocycles. The fraction of sp³-hybridized carbons (Fsp3) is 1.00. The van der Waals surface area contributed by atoms with Crippen LogP contribution in [0.25, 0.3) is 0 Å². The maximum absolute atomic E-state index is 9.18. The second-order valence-corrected chi connectivity index (χ2v) is 5.98. The topological polar surface area (TPSA) is 23.5 Å². The van der Waals surface area contributed by atoms with E-state index in [4.69, 9.17) is 0 Å². The number of nitrogens with zero attached hydrogens (tertiary/aromatic N) is 1. The van der Waals surface area contributed by atoms with E-state index in [-0.39, 0.29) is 6.10 Å². The van der Waals surface area contributed by atoms with Crippen LogP contribution in [-0.2, 0) is 0 Å². The van der Waals surface area contributed by atoms with Crippen molar-refractivity contribution in [3.8, 4) is 0 Å². The Hall–Kier alpha value is -0.0800. The molecule has 0 radical (unpaired) electrons. The molecule has 13 heavy (non-hydrogen) atoms. The standard InChI is InChI=1S/C11H23NO/c1-10(2,3)11(4,5)8-12-6-9(13)7-12/h9,13H,6-8H2,1-5H3. The van der Waals surface area contributed by atoms with E-state index >= 15 is 0 Å². The molecule has 1 aliphatic rings. The van der Waals surface area contributed by atoms with Crippen LogP contribution in [0.5, 0.6) is 0 Å². The quantitative estimate of drug-likeness (QED) is 0.708. The van der Waals surface area contributed by atoms with Gasteiger partial charge < -0.3 is 5.11 Å². The van der Waals surface area contributed by atoms with Crippen LogP contribution in [-0.4, -0.2) is 35.7 Å². The van der Waals surface area contributed by atoms with Crippen molar-refractivity contribution in [2.45, 2.75) is 40.7 Å². The van der Waals surface area contributed by atoms with Gasteiger partial charge in [-0.25, -0.2) is 0 Å². The summed E-state index contributed by atoms with van der Waals surface area (Å²) >= 11 is 0. The molecule has 0 bridgehead atoms. The van der Waals surface area contributed by atoms with E-state index in [9.17, 15) is 5.11 Å². The van der Waals surface area contributed by atoms with Crippen molar-refractivity contribution >= 4 is 0 Å². The highest BCUT2D eigenvalue weighted by atomic mass is 16.3. The van der Waals surface area contributed by atoms with Gasteiger partial charge in [-0.15, -0.1) is 0 Å². The van der Waals surface area contributed by atoms with Gasteiger partial charge in [-0.3, -0.25) is 4.90 Å². The Labute approximate surface area is 81.9 Å². The first-order valence-corrected chi connectivity index (χ1v) is 5.13. The second-order valence-electron chi connectivity index (χ2n) is 5.98. The number of aliphatic hydroxyl groups is 1. The lowest BCUT2D eigenvalue weighted by Gasteiger charge is -2.46. The molecule has 1 aliphatic heterocycles. The average Bonchev–Trinajstić information content (AvgIpc) is 1.80. The van der Waals surface area contributed by atoms with Crippen molar-refractivity contribution in [3.05, 3.63) is 0 Å². The molecule has 0 aromatic heterocycles. The van der Waals surface area contributed by atoms with Crippen LogP contribution in [0.3, 0.4) is 0 Å². The summed E-state index contributed by atoms with van der Waals surface area (Å²) in [6.07, 6.45) is -0.0734.